The molecule has 0 aromatic heterocycles. The van der Waals surface area contributed by atoms with E-state index in [0.29, 0.717) is 18.0 Å². The highest BCUT2D eigenvalue weighted by molar-refractivity contribution is 9.10. The van der Waals surface area contributed by atoms with Gasteiger partial charge in [0, 0.05) is 10.5 Å². The normalized spacial score (nSPS) is 11.8. The van der Waals surface area contributed by atoms with E-state index < -0.39 is 18.0 Å². The molecular formula is C20H20BrNO4. The first-order valence-corrected chi connectivity index (χ1v) is 8.96. The highest BCUT2D eigenvalue weighted by atomic mass is 79.9. The number of carbonyl (C=O) groups excluding carboxylic acids is 2. The molecule has 136 valence electrons. The van der Waals surface area contributed by atoms with Gasteiger partial charge in [-0.1, -0.05) is 40.2 Å². The number of hydrogen-bond acceptors (Lipinski definition) is 4. The van der Waals surface area contributed by atoms with Crippen molar-refractivity contribution in [1.29, 1.82) is 0 Å². The summed E-state index contributed by atoms with van der Waals surface area (Å²) in [6.45, 7) is 3.86. The molecule has 2 aromatic carbocycles. The van der Waals surface area contributed by atoms with Gasteiger partial charge in [0.15, 0.2) is 6.10 Å². The molecule has 0 saturated heterocycles. The van der Waals surface area contributed by atoms with E-state index in [4.69, 9.17) is 9.47 Å². The Balaban J connectivity index is 1.93. The molecule has 0 saturated carbocycles. The molecule has 2 aromatic rings. The molecule has 0 bridgehead atoms. The van der Waals surface area contributed by atoms with E-state index in [0.717, 1.165) is 10.0 Å². The summed E-state index contributed by atoms with van der Waals surface area (Å²) in [6, 6.07) is 14.6. The monoisotopic (exact) mass is 417 g/mol. The van der Waals surface area contributed by atoms with Crippen LogP contribution in [0, 0.1) is 0 Å². The molecule has 2 rings (SSSR count). The van der Waals surface area contributed by atoms with Gasteiger partial charge in [0.2, 0.25) is 0 Å². The number of rotatable bonds is 7. The maximum Gasteiger partial charge on any atom is 0.331 e. The Morgan fingerprint density at radius 3 is 2.69 bits per heavy atom. The molecule has 0 aliphatic rings. The number of halogens is 1. The number of esters is 1. The molecule has 1 N–H and O–H groups in total. The number of amides is 1. The fraction of sp³-hybridized carbons (Fsp3) is 0.200. The Hall–Kier alpha value is -2.60. The first-order chi connectivity index (χ1) is 12.5. The summed E-state index contributed by atoms with van der Waals surface area (Å²) in [5.74, 6) is -0.455. The molecule has 26 heavy (non-hydrogen) atoms. The third kappa shape index (κ3) is 6.04. The predicted molar refractivity (Wildman–Crippen MR) is 105 cm³/mol. The number of benzene rings is 2. The summed E-state index contributed by atoms with van der Waals surface area (Å²) in [6.07, 6.45) is 1.98. The van der Waals surface area contributed by atoms with Crippen molar-refractivity contribution in [2.45, 2.75) is 20.0 Å². The van der Waals surface area contributed by atoms with Crippen molar-refractivity contribution < 1.29 is 19.1 Å². The quantitative estimate of drug-likeness (QED) is 0.534. The van der Waals surface area contributed by atoms with Crippen molar-refractivity contribution in [3.8, 4) is 5.75 Å². The maximum atomic E-state index is 12.2. The van der Waals surface area contributed by atoms with Crippen LogP contribution in [0.5, 0.6) is 5.75 Å². The number of para-hydroxylation sites is 2. The minimum atomic E-state index is -0.940. The van der Waals surface area contributed by atoms with Crippen LogP contribution in [0.2, 0.25) is 0 Å². The lowest BCUT2D eigenvalue weighted by molar-refractivity contribution is -0.148. The van der Waals surface area contributed by atoms with Gasteiger partial charge in [-0.05, 0) is 49.8 Å². The molecule has 0 radical (unpaired) electrons. The zero-order chi connectivity index (χ0) is 18.9. The largest absolute Gasteiger partial charge is 0.492 e. The van der Waals surface area contributed by atoms with Gasteiger partial charge in [-0.2, -0.15) is 0 Å². The van der Waals surface area contributed by atoms with Gasteiger partial charge in [0.1, 0.15) is 5.75 Å². The second kappa shape index (κ2) is 9.77. The average Bonchev–Trinajstić information content (AvgIpc) is 2.62. The van der Waals surface area contributed by atoms with E-state index in [1.165, 1.54) is 13.0 Å². The van der Waals surface area contributed by atoms with E-state index in [9.17, 15) is 9.59 Å². The van der Waals surface area contributed by atoms with Crippen LogP contribution in [0.1, 0.15) is 19.4 Å². The summed E-state index contributed by atoms with van der Waals surface area (Å²) in [5.41, 5.74) is 1.38. The Bertz CT molecular complexity index is 804. The van der Waals surface area contributed by atoms with Crippen molar-refractivity contribution >= 4 is 39.6 Å². The first kappa shape index (κ1) is 19.7. The smallest absolute Gasteiger partial charge is 0.331 e. The molecular weight excluding hydrogens is 398 g/mol. The highest BCUT2D eigenvalue weighted by Gasteiger charge is 2.18. The predicted octanol–water partition coefficient (Wildman–Crippen LogP) is 4.43. The van der Waals surface area contributed by atoms with Crippen molar-refractivity contribution in [2.75, 3.05) is 11.9 Å². The van der Waals surface area contributed by atoms with E-state index in [2.05, 4.69) is 21.2 Å². The van der Waals surface area contributed by atoms with Crippen LogP contribution in [0.3, 0.4) is 0 Å². The van der Waals surface area contributed by atoms with Gasteiger partial charge < -0.3 is 14.8 Å². The number of nitrogens with one attached hydrogen (secondary N) is 1. The molecule has 0 aliphatic heterocycles. The van der Waals surface area contributed by atoms with Gasteiger partial charge in [-0.15, -0.1) is 0 Å². The Labute approximate surface area is 161 Å². The minimum Gasteiger partial charge on any atom is -0.492 e. The summed E-state index contributed by atoms with van der Waals surface area (Å²) in [4.78, 5) is 24.2. The second-order valence-corrected chi connectivity index (χ2v) is 6.30. The van der Waals surface area contributed by atoms with Crippen LogP contribution < -0.4 is 10.1 Å². The molecule has 0 fully saturated rings. The molecule has 1 amide bonds. The summed E-state index contributed by atoms with van der Waals surface area (Å²) in [7, 11) is 0. The van der Waals surface area contributed by atoms with Gasteiger partial charge in [0.05, 0.1) is 12.3 Å². The Morgan fingerprint density at radius 1 is 1.19 bits per heavy atom. The van der Waals surface area contributed by atoms with E-state index in [-0.39, 0.29) is 0 Å². The third-order valence-corrected chi connectivity index (χ3v) is 3.86. The van der Waals surface area contributed by atoms with Gasteiger partial charge >= 0.3 is 5.97 Å². The molecule has 5 nitrogen and oxygen atoms in total. The lowest BCUT2D eigenvalue weighted by Crippen LogP contribution is -2.29. The molecule has 6 heteroatoms. The fourth-order valence-electron chi connectivity index (χ4n) is 2.13. The maximum absolute atomic E-state index is 12.2. The second-order valence-electron chi connectivity index (χ2n) is 5.39. The number of carbonyl (C=O) groups is 2. The number of hydrogen-bond donors (Lipinski definition) is 1. The van der Waals surface area contributed by atoms with E-state index in [1.807, 2.05) is 37.3 Å². The van der Waals surface area contributed by atoms with Gasteiger partial charge in [0.25, 0.3) is 5.91 Å². The van der Waals surface area contributed by atoms with Crippen molar-refractivity contribution in [2.24, 2.45) is 0 Å². The number of anilines is 1. The molecule has 0 unspecified atom stereocenters. The van der Waals surface area contributed by atoms with E-state index >= 15 is 0 Å². The molecule has 0 heterocycles. The van der Waals surface area contributed by atoms with Crippen molar-refractivity contribution in [1.82, 2.24) is 0 Å². The van der Waals surface area contributed by atoms with Crippen LogP contribution in [0.15, 0.2) is 59.1 Å². The van der Waals surface area contributed by atoms with Crippen LogP contribution in [-0.4, -0.2) is 24.6 Å². The zero-order valence-corrected chi connectivity index (χ0v) is 16.2. The third-order valence-electron chi connectivity index (χ3n) is 3.37. The summed E-state index contributed by atoms with van der Waals surface area (Å²) < 4.78 is 11.5. The van der Waals surface area contributed by atoms with Gasteiger partial charge in [-0.3, -0.25) is 4.79 Å². The average molecular weight is 418 g/mol. The lowest BCUT2D eigenvalue weighted by Gasteiger charge is -2.15. The molecule has 1 atom stereocenters. The van der Waals surface area contributed by atoms with Crippen LogP contribution >= 0.6 is 15.9 Å². The lowest BCUT2D eigenvalue weighted by atomic mass is 10.2. The number of ether oxygens (including phenoxy) is 2. The van der Waals surface area contributed by atoms with Gasteiger partial charge in [-0.25, -0.2) is 4.79 Å². The van der Waals surface area contributed by atoms with Crippen LogP contribution in [0.25, 0.3) is 6.08 Å². The minimum absolute atomic E-state index is 0.429. The van der Waals surface area contributed by atoms with E-state index in [1.54, 1.807) is 24.3 Å². The van der Waals surface area contributed by atoms with Crippen molar-refractivity contribution in [3.05, 3.63) is 64.6 Å². The van der Waals surface area contributed by atoms with Crippen LogP contribution in [-0.2, 0) is 14.3 Å². The van der Waals surface area contributed by atoms with Crippen LogP contribution in [0.4, 0.5) is 5.69 Å². The highest BCUT2D eigenvalue weighted by Crippen LogP contribution is 2.24. The Morgan fingerprint density at radius 2 is 1.96 bits per heavy atom. The van der Waals surface area contributed by atoms with Crippen molar-refractivity contribution in [3.63, 3.8) is 0 Å². The SMILES string of the molecule is CCOc1ccccc1NC(=O)[C@H](C)OC(=O)/C=C/c1cccc(Br)c1. The molecule has 0 aliphatic carbocycles. The first-order valence-electron chi connectivity index (χ1n) is 8.16. The summed E-state index contributed by atoms with van der Waals surface area (Å²) >= 11 is 3.36. The Kier molecular flexibility index (Phi) is 7.41. The fourth-order valence-corrected chi connectivity index (χ4v) is 2.54. The zero-order valence-electron chi connectivity index (χ0n) is 14.6. The standard InChI is InChI=1S/C20H20BrNO4/c1-3-25-18-10-5-4-9-17(18)22-20(24)14(2)26-19(23)12-11-15-7-6-8-16(21)13-15/h4-14H,3H2,1-2H3,(H,22,24)/b12-11+/t14-/m0/s1. The molecule has 0 spiro atoms. The topological polar surface area (TPSA) is 64.6 Å². The summed E-state index contributed by atoms with van der Waals surface area (Å²) in [5, 5.41) is 2.71.